The molecule has 0 aromatic heterocycles. The lowest BCUT2D eigenvalue weighted by atomic mass is 10.2. The molecule has 146 valence electrons. The van der Waals surface area contributed by atoms with Crippen LogP contribution in [-0.4, -0.2) is 39.7 Å². The Hall–Kier alpha value is -3.25. The van der Waals surface area contributed by atoms with Crippen molar-refractivity contribution >= 4 is 27.4 Å². The first-order valence-electron chi connectivity index (χ1n) is 8.12. The van der Waals surface area contributed by atoms with Crippen LogP contribution < -0.4 is 4.90 Å². The molecular weight excluding hydrogens is 387 g/mol. The van der Waals surface area contributed by atoms with Crippen LogP contribution in [0.3, 0.4) is 0 Å². The molecule has 0 saturated heterocycles. The van der Waals surface area contributed by atoms with E-state index in [2.05, 4.69) is 0 Å². The monoisotopic (exact) mass is 404 g/mol. The highest BCUT2D eigenvalue weighted by atomic mass is 32.2. The second-order valence-electron chi connectivity index (χ2n) is 5.80. The van der Waals surface area contributed by atoms with Crippen molar-refractivity contribution in [2.75, 3.05) is 24.3 Å². The van der Waals surface area contributed by atoms with Gasteiger partial charge in [0.2, 0.25) is 0 Å². The average Bonchev–Trinajstić information content (AvgIpc) is 2.67. The molecule has 0 unspecified atom stereocenters. The van der Waals surface area contributed by atoms with Gasteiger partial charge in [-0.05, 0) is 48.5 Å². The van der Waals surface area contributed by atoms with E-state index in [4.69, 9.17) is 10.00 Å². The Morgan fingerprint density at radius 3 is 2.25 bits per heavy atom. The molecular formula is C19H17FN2O5S. The topological polar surface area (TPSA) is 105 Å². The predicted octanol–water partition coefficient (Wildman–Crippen LogP) is 2.33. The Morgan fingerprint density at radius 1 is 1.11 bits per heavy atom. The molecule has 2 rings (SSSR count). The standard InChI is InChI=1S/C19H17FN2O5S/c1-28(25,26)17-9-3-14(4-10-17)19(24)27-13-18(23)22(12-2-11-21)16-7-5-15(20)6-8-16/h3-10H,2,12-13H2,1H3. The van der Waals surface area contributed by atoms with Crippen LogP contribution in [0.4, 0.5) is 10.1 Å². The molecule has 0 spiro atoms. The summed E-state index contributed by atoms with van der Waals surface area (Å²) in [5.74, 6) is -1.85. The first-order chi connectivity index (χ1) is 13.2. The molecule has 0 saturated carbocycles. The van der Waals surface area contributed by atoms with Crippen molar-refractivity contribution in [1.29, 1.82) is 5.26 Å². The van der Waals surface area contributed by atoms with Crippen LogP contribution in [0.25, 0.3) is 0 Å². The largest absolute Gasteiger partial charge is 0.452 e. The molecule has 0 aliphatic heterocycles. The molecule has 0 fully saturated rings. The normalized spacial score (nSPS) is 10.8. The average molecular weight is 404 g/mol. The van der Waals surface area contributed by atoms with E-state index in [-0.39, 0.29) is 23.4 Å². The summed E-state index contributed by atoms with van der Waals surface area (Å²) in [7, 11) is -3.39. The molecule has 0 atom stereocenters. The first-order valence-corrected chi connectivity index (χ1v) is 10.0. The van der Waals surface area contributed by atoms with Crippen molar-refractivity contribution in [3.63, 3.8) is 0 Å². The number of carbonyl (C=O) groups is 2. The van der Waals surface area contributed by atoms with Crippen LogP contribution in [0.5, 0.6) is 0 Å². The van der Waals surface area contributed by atoms with Crippen LogP contribution in [0.15, 0.2) is 53.4 Å². The zero-order chi connectivity index (χ0) is 20.7. The number of anilines is 1. The number of esters is 1. The minimum atomic E-state index is -3.39. The molecule has 2 aromatic rings. The van der Waals surface area contributed by atoms with E-state index in [9.17, 15) is 22.4 Å². The first kappa shape index (κ1) is 21.1. The van der Waals surface area contributed by atoms with Crippen LogP contribution in [-0.2, 0) is 19.4 Å². The van der Waals surface area contributed by atoms with Crippen molar-refractivity contribution in [3.05, 3.63) is 59.9 Å². The fourth-order valence-electron chi connectivity index (χ4n) is 2.31. The Kier molecular flexibility index (Phi) is 6.84. The molecule has 0 bridgehead atoms. The maximum atomic E-state index is 13.1. The second-order valence-corrected chi connectivity index (χ2v) is 7.82. The number of sulfone groups is 1. The fraction of sp³-hybridized carbons (Fsp3) is 0.211. The smallest absolute Gasteiger partial charge is 0.338 e. The van der Waals surface area contributed by atoms with Gasteiger partial charge in [0.25, 0.3) is 5.91 Å². The number of carbonyl (C=O) groups excluding carboxylic acids is 2. The van der Waals surface area contributed by atoms with E-state index in [1.165, 1.54) is 53.4 Å². The predicted molar refractivity (Wildman–Crippen MR) is 98.8 cm³/mol. The third-order valence-corrected chi connectivity index (χ3v) is 4.86. The highest BCUT2D eigenvalue weighted by Crippen LogP contribution is 2.16. The summed E-state index contributed by atoms with van der Waals surface area (Å²) in [6.07, 6.45) is 1.09. The van der Waals surface area contributed by atoms with Crippen LogP contribution in [0.1, 0.15) is 16.8 Å². The lowest BCUT2D eigenvalue weighted by Gasteiger charge is -2.21. The summed E-state index contributed by atoms with van der Waals surface area (Å²) in [4.78, 5) is 25.8. The van der Waals surface area contributed by atoms with Gasteiger partial charge >= 0.3 is 5.97 Å². The van der Waals surface area contributed by atoms with E-state index in [0.717, 1.165) is 6.26 Å². The lowest BCUT2D eigenvalue weighted by molar-refractivity contribution is -0.121. The molecule has 7 nitrogen and oxygen atoms in total. The number of amides is 1. The third-order valence-electron chi connectivity index (χ3n) is 3.73. The van der Waals surface area contributed by atoms with E-state index in [1.807, 2.05) is 6.07 Å². The number of benzene rings is 2. The highest BCUT2D eigenvalue weighted by Gasteiger charge is 2.18. The molecule has 2 aromatic carbocycles. The number of halogens is 1. The SMILES string of the molecule is CS(=O)(=O)c1ccc(C(=O)OCC(=O)N(CCC#N)c2ccc(F)cc2)cc1. The zero-order valence-electron chi connectivity index (χ0n) is 15.0. The molecule has 0 radical (unpaired) electrons. The Balaban J connectivity index is 2.05. The molecule has 28 heavy (non-hydrogen) atoms. The molecule has 0 aliphatic rings. The van der Waals surface area contributed by atoms with Gasteiger partial charge < -0.3 is 9.64 Å². The van der Waals surface area contributed by atoms with Gasteiger partial charge in [0.1, 0.15) is 5.82 Å². The number of rotatable bonds is 7. The number of hydrogen-bond acceptors (Lipinski definition) is 6. The van der Waals surface area contributed by atoms with Gasteiger partial charge in [-0.15, -0.1) is 0 Å². The van der Waals surface area contributed by atoms with Gasteiger partial charge in [0.15, 0.2) is 16.4 Å². The van der Waals surface area contributed by atoms with E-state index < -0.39 is 34.1 Å². The summed E-state index contributed by atoms with van der Waals surface area (Å²) in [6, 6.07) is 12.2. The number of ether oxygens (including phenoxy) is 1. The fourth-order valence-corrected chi connectivity index (χ4v) is 2.94. The molecule has 0 N–H and O–H groups in total. The van der Waals surface area contributed by atoms with E-state index in [0.29, 0.717) is 5.69 Å². The quantitative estimate of drug-likeness (QED) is 0.656. The van der Waals surface area contributed by atoms with Crippen molar-refractivity contribution in [3.8, 4) is 6.07 Å². The van der Waals surface area contributed by atoms with E-state index in [1.54, 1.807) is 0 Å². The number of nitrogens with zero attached hydrogens (tertiary/aromatic N) is 2. The molecule has 0 aliphatic carbocycles. The molecule has 9 heteroatoms. The Morgan fingerprint density at radius 2 is 1.71 bits per heavy atom. The van der Waals surface area contributed by atoms with Gasteiger partial charge in [0.05, 0.1) is 22.9 Å². The van der Waals surface area contributed by atoms with Gasteiger partial charge in [-0.3, -0.25) is 4.79 Å². The summed E-state index contributed by atoms with van der Waals surface area (Å²) in [5, 5.41) is 8.76. The number of nitriles is 1. The minimum absolute atomic E-state index is 0.0457. The maximum Gasteiger partial charge on any atom is 0.338 e. The summed E-state index contributed by atoms with van der Waals surface area (Å²) < 4.78 is 40.9. The van der Waals surface area contributed by atoms with Crippen LogP contribution in [0, 0.1) is 17.1 Å². The second kappa shape index (κ2) is 9.10. The summed E-state index contributed by atoms with van der Waals surface area (Å²) >= 11 is 0. The van der Waals surface area contributed by atoms with Crippen LogP contribution in [0.2, 0.25) is 0 Å². The van der Waals surface area contributed by atoms with Crippen molar-refractivity contribution < 1.29 is 27.1 Å². The molecule has 0 heterocycles. The highest BCUT2D eigenvalue weighted by molar-refractivity contribution is 7.90. The van der Waals surface area contributed by atoms with E-state index >= 15 is 0 Å². The van der Waals surface area contributed by atoms with Crippen molar-refractivity contribution in [2.45, 2.75) is 11.3 Å². The van der Waals surface area contributed by atoms with Gasteiger partial charge in [-0.2, -0.15) is 5.26 Å². The minimum Gasteiger partial charge on any atom is -0.452 e. The Bertz CT molecular complexity index is 996. The Labute approximate surface area is 161 Å². The van der Waals surface area contributed by atoms with Gasteiger partial charge in [0, 0.05) is 18.5 Å². The van der Waals surface area contributed by atoms with Crippen LogP contribution >= 0.6 is 0 Å². The zero-order valence-corrected chi connectivity index (χ0v) is 15.8. The summed E-state index contributed by atoms with van der Waals surface area (Å²) in [5.41, 5.74) is 0.459. The third kappa shape index (κ3) is 5.62. The lowest BCUT2D eigenvalue weighted by Crippen LogP contribution is -2.35. The molecule has 1 amide bonds. The van der Waals surface area contributed by atoms with Gasteiger partial charge in [-0.25, -0.2) is 17.6 Å². The summed E-state index contributed by atoms with van der Waals surface area (Å²) in [6.45, 7) is -0.531. The van der Waals surface area contributed by atoms with Crippen molar-refractivity contribution in [2.24, 2.45) is 0 Å². The maximum absolute atomic E-state index is 13.1. The van der Waals surface area contributed by atoms with Crippen molar-refractivity contribution in [1.82, 2.24) is 0 Å². The van der Waals surface area contributed by atoms with Gasteiger partial charge in [-0.1, -0.05) is 0 Å². The number of hydrogen-bond donors (Lipinski definition) is 0.